The summed E-state index contributed by atoms with van der Waals surface area (Å²) in [5.74, 6) is -0.168. The van der Waals surface area contributed by atoms with E-state index >= 15 is 0 Å². The predicted molar refractivity (Wildman–Crippen MR) is 76.0 cm³/mol. The van der Waals surface area contributed by atoms with Crippen molar-refractivity contribution >= 4 is 10.0 Å². The van der Waals surface area contributed by atoms with Gasteiger partial charge in [0.05, 0.1) is 11.8 Å². The number of hydrogen-bond acceptors (Lipinski definition) is 3. The zero-order valence-electron chi connectivity index (χ0n) is 11.5. The summed E-state index contributed by atoms with van der Waals surface area (Å²) in [5.41, 5.74) is 0.978. The molecule has 5 heteroatoms. The van der Waals surface area contributed by atoms with E-state index in [1.165, 1.54) is 0 Å². The molecule has 0 fully saturated rings. The summed E-state index contributed by atoms with van der Waals surface area (Å²) >= 11 is 0. The van der Waals surface area contributed by atoms with Gasteiger partial charge in [-0.1, -0.05) is 51.1 Å². The van der Waals surface area contributed by atoms with Crippen molar-refractivity contribution in [3.8, 4) is 6.07 Å². The van der Waals surface area contributed by atoms with Crippen LogP contribution in [0, 0.1) is 17.2 Å². The van der Waals surface area contributed by atoms with Crippen LogP contribution >= 0.6 is 0 Å². The van der Waals surface area contributed by atoms with Gasteiger partial charge in [0, 0.05) is 0 Å². The normalized spacial score (nSPS) is 14.9. The van der Waals surface area contributed by atoms with Crippen molar-refractivity contribution in [1.82, 2.24) is 4.72 Å². The summed E-state index contributed by atoms with van der Waals surface area (Å²) in [7, 11) is -3.46. The van der Waals surface area contributed by atoms with Gasteiger partial charge in [0.25, 0.3) is 0 Å². The average Bonchev–Trinajstić information content (AvgIpc) is 2.36. The van der Waals surface area contributed by atoms with Gasteiger partial charge in [-0.3, -0.25) is 0 Å². The quantitative estimate of drug-likeness (QED) is 0.869. The molecule has 0 spiro atoms. The molecular weight excluding hydrogens is 260 g/mol. The highest BCUT2D eigenvalue weighted by molar-refractivity contribution is 7.89. The lowest BCUT2D eigenvalue weighted by Gasteiger charge is -2.17. The van der Waals surface area contributed by atoms with Crippen LogP contribution in [0.25, 0.3) is 0 Å². The van der Waals surface area contributed by atoms with Gasteiger partial charge in [0.15, 0.2) is 0 Å². The molecule has 2 atom stereocenters. The van der Waals surface area contributed by atoms with E-state index in [9.17, 15) is 8.42 Å². The molecule has 0 aliphatic heterocycles. The van der Waals surface area contributed by atoms with Crippen molar-refractivity contribution in [2.45, 2.75) is 32.7 Å². The minimum absolute atomic E-state index is 0.0120. The summed E-state index contributed by atoms with van der Waals surface area (Å²) in [6, 6.07) is 10.8. The van der Waals surface area contributed by atoms with Gasteiger partial charge in [-0.05, 0) is 17.4 Å². The van der Waals surface area contributed by atoms with Gasteiger partial charge < -0.3 is 0 Å². The molecule has 1 rings (SSSR count). The Morgan fingerprint density at radius 1 is 1.21 bits per heavy atom. The third kappa shape index (κ3) is 5.01. The lowest BCUT2D eigenvalue weighted by Crippen LogP contribution is -2.39. The number of nitrogens with zero attached hydrogens (tertiary/aromatic N) is 1. The van der Waals surface area contributed by atoms with Gasteiger partial charge in [-0.25, -0.2) is 8.42 Å². The Labute approximate surface area is 115 Å². The Hall–Kier alpha value is -1.38. The number of sulfonamides is 1. The fraction of sp³-hybridized carbons (Fsp3) is 0.500. The van der Waals surface area contributed by atoms with Crippen LogP contribution in [0.1, 0.15) is 32.3 Å². The van der Waals surface area contributed by atoms with E-state index in [0.717, 1.165) is 5.56 Å². The van der Waals surface area contributed by atoms with Crippen LogP contribution in [0.4, 0.5) is 0 Å². The maximum absolute atomic E-state index is 12.0. The van der Waals surface area contributed by atoms with E-state index in [-0.39, 0.29) is 17.6 Å². The van der Waals surface area contributed by atoms with E-state index in [1.54, 1.807) is 0 Å². The van der Waals surface area contributed by atoms with Crippen molar-refractivity contribution in [1.29, 1.82) is 5.26 Å². The average molecular weight is 280 g/mol. The van der Waals surface area contributed by atoms with E-state index in [0.29, 0.717) is 0 Å². The maximum Gasteiger partial charge on any atom is 0.213 e. The summed E-state index contributed by atoms with van der Waals surface area (Å²) in [4.78, 5) is 0. The highest BCUT2D eigenvalue weighted by atomic mass is 32.2. The summed E-state index contributed by atoms with van der Waals surface area (Å²) in [6.07, 6.45) is 0. The van der Waals surface area contributed by atoms with Gasteiger partial charge in [0.2, 0.25) is 10.0 Å². The SMILES string of the molecule is CC(CS(=O)(=O)NC(C#N)C(C)C)c1ccccc1. The molecule has 1 aromatic rings. The van der Waals surface area contributed by atoms with Gasteiger partial charge >= 0.3 is 0 Å². The minimum atomic E-state index is -3.46. The molecule has 4 nitrogen and oxygen atoms in total. The first-order chi connectivity index (χ1) is 8.85. The summed E-state index contributed by atoms with van der Waals surface area (Å²) in [6.45, 7) is 5.50. The molecule has 0 aromatic heterocycles. The fourth-order valence-corrected chi connectivity index (χ4v) is 3.42. The Morgan fingerprint density at radius 3 is 2.26 bits per heavy atom. The Morgan fingerprint density at radius 2 is 1.79 bits per heavy atom. The molecule has 2 unspecified atom stereocenters. The third-order valence-corrected chi connectivity index (χ3v) is 4.50. The number of hydrogen-bond donors (Lipinski definition) is 1. The zero-order chi connectivity index (χ0) is 14.5. The topological polar surface area (TPSA) is 70.0 Å². The third-order valence-electron chi connectivity index (χ3n) is 2.95. The molecule has 0 radical (unpaired) electrons. The minimum Gasteiger partial charge on any atom is -0.212 e. The van der Waals surface area contributed by atoms with Crippen LogP contribution < -0.4 is 4.72 Å². The first kappa shape index (κ1) is 15.7. The molecule has 1 N–H and O–H groups in total. The summed E-state index contributed by atoms with van der Waals surface area (Å²) < 4.78 is 26.5. The lowest BCUT2D eigenvalue weighted by molar-refractivity contribution is 0.513. The van der Waals surface area contributed by atoms with Crippen molar-refractivity contribution < 1.29 is 8.42 Å². The molecule has 0 saturated carbocycles. The first-order valence-electron chi connectivity index (χ1n) is 6.30. The Balaban J connectivity index is 2.73. The van der Waals surface area contributed by atoms with E-state index < -0.39 is 16.1 Å². The van der Waals surface area contributed by atoms with Crippen LogP contribution in [-0.4, -0.2) is 20.2 Å². The second-order valence-electron chi connectivity index (χ2n) is 5.06. The number of nitrogens with one attached hydrogen (secondary N) is 1. The Bertz CT molecular complexity index is 532. The second-order valence-corrected chi connectivity index (χ2v) is 6.86. The van der Waals surface area contributed by atoms with Crippen LogP contribution in [0.5, 0.6) is 0 Å². The first-order valence-corrected chi connectivity index (χ1v) is 7.95. The second kappa shape index (κ2) is 6.69. The standard InChI is InChI=1S/C14H20N2O2S/c1-11(2)14(9-15)16-19(17,18)10-12(3)13-7-5-4-6-8-13/h4-8,11-12,14,16H,10H2,1-3H3. The van der Waals surface area contributed by atoms with Crippen molar-refractivity contribution in [3.63, 3.8) is 0 Å². The highest BCUT2D eigenvalue weighted by Crippen LogP contribution is 2.16. The molecule has 19 heavy (non-hydrogen) atoms. The smallest absolute Gasteiger partial charge is 0.212 e. The van der Waals surface area contributed by atoms with E-state index in [2.05, 4.69) is 4.72 Å². The summed E-state index contributed by atoms with van der Waals surface area (Å²) in [5, 5.41) is 8.93. The molecular formula is C14H20N2O2S. The molecule has 0 aliphatic rings. The number of nitriles is 1. The predicted octanol–water partition coefficient (Wildman–Crippen LogP) is 2.26. The number of benzene rings is 1. The van der Waals surface area contributed by atoms with E-state index in [1.807, 2.05) is 57.2 Å². The fourth-order valence-electron chi connectivity index (χ4n) is 1.76. The van der Waals surface area contributed by atoms with Crippen molar-refractivity contribution in [2.24, 2.45) is 5.92 Å². The molecule has 0 saturated heterocycles. The van der Waals surface area contributed by atoms with E-state index in [4.69, 9.17) is 5.26 Å². The maximum atomic E-state index is 12.0. The van der Waals surface area contributed by atoms with Crippen LogP contribution in [0.15, 0.2) is 30.3 Å². The van der Waals surface area contributed by atoms with Gasteiger partial charge in [-0.15, -0.1) is 0 Å². The lowest BCUT2D eigenvalue weighted by atomic mass is 10.0. The number of rotatable bonds is 6. The van der Waals surface area contributed by atoms with Crippen molar-refractivity contribution in [3.05, 3.63) is 35.9 Å². The molecule has 104 valence electrons. The van der Waals surface area contributed by atoms with Gasteiger partial charge in [0.1, 0.15) is 6.04 Å². The highest BCUT2D eigenvalue weighted by Gasteiger charge is 2.22. The monoisotopic (exact) mass is 280 g/mol. The molecule has 1 aromatic carbocycles. The van der Waals surface area contributed by atoms with Crippen molar-refractivity contribution in [2.75, 3.05) is 5.75 Å². The van der Waals surface area contributed by atoms with Crippen LogP contribution in [0.3, 0.4) is 0 Å². The Kier molecular flexibility index (Phi) is 5.52. The van der Waals surface area contributed by atoms with Gasteiger partial charge in [-0.2, -0.15) is 9.98 Å². The molecule has 0 heterocycles. The largest absolute Gasteiger partial charge is 0.213 e. The molecule has 0 amide bonds. The zero-order valence-corrected chi connectivity index (χ0v) is 12.3. The molecule has 0 bridgehead atoms. The molecule has 0 aliphatic carbocycles. The van der Waals surface area contributed by atoms with Crippen LogP contribution in [-0.2, 0) is 10.0 Å². The van der Waals surface area contributed by atoms with Crippen LogP contribution in [0.2, 0.25) is 0 Å².